The lowest BCUT2D eigenvalue weighted by molar-refractivity contribution is -0.121. The zero-order valence-electron chi connectivity index (χ0n) is 11.8. The molecule has 2 amide bonds. The molecule has 6 nitrogen and oxygen atoms in total. The maximum Gasteiger partial charge on any atom is 0.221 e. The number of ether oxygens (including phenoxy) is 2. The van der Waals surface area contributed by atoms with E-state index >= 15 is 0 Å². The van der Waals surface area contributed by atoms with Crippen LogP contribution in [0.2, 0.25) is 0 Å². The molecule has 8 heteroatoms. The second-order valence-electron chi connectivity index (χ2n) is 4.17. The minimum absolute atomic E-state index is 0.160. The molecule has 0 aliphatic rings. The lowest BCUT2D eigenvalue weighted by Crippen LogP contribution is -2.25. The van der Waals surface area contributed by atoms with E-state index < -0.39 is 0 Å². The summed E-state index contributed by atoms with van der Waals surface area (Å²) in [5.41, 5.74) is 10.4. The lowest BCUT2D eigenvalue weighted by atomic mass is 10.1. The molecule has 0 bridgehead atoms. The Morgan fingerprint density at radius 3 is 2.50 bits per heavy atom. The van der Waals surface area contributed by atoms with Crippen LogP contribution in [0.3, 0.4) is 0 Å². The highest BCUT2D eigenvalue weighted by Crippen LogP contribution is 2.26. The van der Waals surface area contributed by atoms with Crippen LogP contribution in [0.25, 0.3) is 0 Å². The van der Waals surface area contributed by atoms with Crippen LogP contribution in [0.4, 0.5) is 0 Å². The van der Waals surface area contributed by atoms with Crippen molar-refractivity contribution in [1.82, 2.24) is 0 Å². The van der Waals surface area contributed by atoms with Gasteiger partial charge in [-0.1, -0.05) is 21.6 Å². The van der Waals surface area contributed by atoms with Crippen molar-refractivity contribution in [3.63, 3.8) is 0 Å². The van der Waals surface area contributed by atoms with Crippen LogP contribution in [-0.2, 0) is 19.1 Å². The predicted molar refractivity (Wildman–Crippen MR) is 83.3 cm³/mol. The van der Waals surface area contributed by atoms with Gasteiger partial charge in [-0.2, -0.15) is 0 Å². The van der Waals surface area contributed by atoms with Gasteiger partial charge in [0.1, 0.15) is 0 Å². The first-order chi connectivity index (χ1) is 9.57. The molecule has 0 fully saturated rings. The molecule has 1 unspecified atom stereocenters. The molecule has 0 aliphatic carbocycles. The van der Waals surface area contributed by atoms with Crippen molar-refractivity contribution in [3.05, 3.63) is 0 Å². The van der Waals surface area contributed by atoms with Gasteiger partial charge in [-0.3, -0.25) is 9.59 Å². The van der Waals surface area contributed by atoms with Crippen molar-refractivity contribution in [2.24, 2.45) is 17.4 Å². The quantitative estimate of drug-likeness (QED) is 0.361. The summed E-state index contributed by atoms with van der Waals surface area (Å²) in [6, 6.07) is 0. The Hall–Kier alpha value is -0.440. The fraction of sp³-hybridized carbons (Fsp3) is 0.833. The third-order valence-corrected chi connectivity index (χ3v) is 4.94. The molecule has 0 spiro atoms. The van der Waals surface area contributed by atoms with Crippen molar-refractivity contribution in [2.75, 3.05) is 38.4 Å². The van der Waals surface area contributed by atoms with E-state index in [0.717, 1.165) is 6.42 Å². The molecule has 0 saturated carbocycles. The van der Waals surface area contributed by atoms with Gasteiger partial charge in [0.05, 0.1) is 13.2 Å². The van der Waals surface area contributed by atoms with E-state index in [4.69, 9.17) is 20.9 Å². The zero-order chi connectivity index (χ0) is 15.2. The van der Waals surface area contributed by atoms with E-state index in [1.807, 2.05) is 0 Å². The van der Waals surface area contributed by atoms with Gasteiger partial charge in [0.15, 0.2) is 0 Å². The Morgan fingerprint density at radius 1 is 1.15 bits per heavy atom. The Bertz CT molecular complexity index is 280. The van der Waals surface area contributed by atoms with Gasteiger partial charge in [-0.05, 0) is 12.8 Å². The molecule has 20 heavy (non-hydrogen) atoms. The summed E-state index contributed by atoms with van der Waals surface area (Å²) in [4.78, 5) is 21.9. The van der Waals surface area contributed by atoms with E-state index in [1.54, 1.807) is 17.9 Å². The minimum Gasteiger partial charge on any atom is -0.382 e. The number of hydrogen-bond donors (Lipinski definition) is 2. The van der Waals surface area contributed by atoms with Crippen molar-refractivity contribution in [1.29, 1.82) is 0 Å². The molecular formula is C12H24N2O4S2. The molecule has 1 atom stereocenters. The molecule has 0 aromatic heterocycles. The van der Waals surface area contributed by atoms with Gasteiger partial charge >= 0.3 is 0 Å². The first kappa shape index (κ1) is 19.6. The third kappa shape index (κ3) is 12.6. The summed E-state index contributed by atoms with van der Waals surface area (Å²) >= 11 is 0. The summed E-state index contributed by atoms with van der Waals surface area (Å²) in [5, 5.41) is 0. The highest BCUT2D eigenvalue weighted by molar-refractivity contribution is 8.76. The maximum absolute atomic E-state index is 11.3. The number of primary amides is 2. The second kappa shape index (κ2) is 13.5. The maximum atomic E-state index is 11.3. The summed E-state index contributed by atoms with van der Waals surface area (Å²) in [7, 11) is 4.71. The Morgan fingerprint density at radius 2 is 1.90 bits per heavy atom. The number of rotatable bonds is 14. The normalized spacial score (nSPS) is 12.2. The van der Waals surface area contributed by atoms with Gasteiger partial charge in [0.2, 0.25) is 11.8 Å². The smallest absolute Gasteiger partial charge is 0.221 e. The van der Waals surface area contributed by atoms with Crippen molar-refractivity contribution in [3.8, 4) is 0 Å². The molecular weight excluding hydrogens is 300 g/mol. The lowest BCUT2D eigenvalue weighted by Gasteiger charge is -2.12. The van der Waals surface area contributed by atoms with Crippen LogP contribution < -0.4 is 11.5 Å². The number of hydrogen-bond acceptors (Lipinski definition) is 6. The molecule has 0 aromatic carbocycles. The van der Waals surface area contributed by atoms with Crippen LogP contribution in [0.5, 0.6) is 0 Å². The van der Waals surface area contributed by atoms with E-state index in [-0.39, 0.29) is 17.7 Å². The van der Waals surface area contributed by atoms with E-state index in [2.05, 4.69) is 0 Å². The molecule has 0 rings (SSSR count). The summed E-state index contributed by atoms with van der Waals surface area (Å²) in [6.07, 6.45) is 1.86. The van der Waals surface area contributed by atoms with Crippen LogP contribution in [0.15, 0.2) is 0 Å². The summed E-state index contributed by atoms with van der Waals surface area (Å²) in [6.45, 7) is 1.74. The average Bonchev–Trinajstić information content (AvgIpc) is 2.39. The highest BCUT2D eigenvalue weighted by Gasteiger charge is 2.15. The van der Waals surface area contributed by atoms with Crippen LogP contribution >= 0.6 is 21.6 Å². The van der Waals surface area contributed by atoms with Crippen LogP contribution in [-0.4, -0.2) is 50.3 Å². The molecule has 0 aromatic rings. The van der Waals surface area contributed by atoms with Crippen molar-refractivity contribution >= 4 is 33.4 Å². The van der Waals surface area contributed by atoms with E-state index in [0.29, 0.717) is 44.2 Å². The first-order valence-electron chi connectivity index (χ1n) is 6.46. The van der Waals surface area contributed by atoms with Gasteiger partial charge in [-0.25, -0.2) is 0 Å². The van der Waals surface area contributed by atoms with Gasteiger partial charge in [-0.15, -0.1) is 0 Å². The number of methoxy groups -OCH3 is 1. The van der Waals surface area contributed by atoms with Crippen molar-refractivity contribution in [2.45, 2.75) is 19.3 Å². The molecule has 0 aliphatic heterocycles. The Balaban J connectivity index is 3.61. The number of nitrogens with two attached hydrogens (primary N) is 2. The second-order valence-corrected chi connectivity index (χ2v) is 6.80. The number of carbonyl (C=O) groups is 2. The average molecular weight is 324 g/mol. The standard InChI is InChI=1S/C12H24N2O4S2/c1-17-6-7-18-5-2-3-10(12(14)16)9-20-19-8-4-11(13)15/h10H,2-9H2,1H3,(H2,13,15)(H2,14,16). The fourth-order valence-corrected chi connectivity index (χ4v) is 3.69. The molecule has 0 saturated heterocycles. The molecule has 4 N–H and O–H groups in total. The largest absolute Gasteiger partial charge is 0.382 e. The minimum atomic E-state index is -0.308. The van der Waals surface area contributed by atoms with Crippen LogP contribution in [0, 0.1) is 5.92 Å². The first-order valence-corrected chi connectivity index (χ1v) is 8.95. The predicted octanol–water partition coefficient (Wildman–Crippen LogP) is 0.788. The van der Waals surface area contributed by atoms with Crippen molar-refractivity contribution < 1.29 is 19.1 Å². The molecule has 0 radical (unpaired) electrons. The Kier molecular flexibility index (Phi) is 13.2. The fourth-order valence-electron chi connectivity index (χ4n) is 1.32. The third-order valence-electron chi connectivity index (χ3n) is 2.46. The molecule has 0 heterocycles. The zero-order valence-corrected chi connectivity index (χ0v) is 13.5. The van der Waals surface area contributed by atoms with Gasteiger partial charge in [0.25, 0.3) is 0 Å². The number of amides is 2. The molecule has 118 valence electrons. The van der Waals surface area contributed by atoms with Gasteiger partial charge in [0, 0.05) is 37.6 Å². The topological polar surface area (TPSA) is 105 Å². The van der Waals surface area contributed by atoms with Crippen LogP contribution in [0.1, 0.15) is 19.3 Å². The summed E-state index contributed by atoms with van der Waals surface area (Å²) < 4.78 is 10.2. The SMILES string of the molecule is COCCOCCCC(CSSCCC(N)=O)C(N)=O. The van der Waals surface area contributed by atoms with E-state index in [9.17, 15) is 9.59 Å². The monoisotopic (exact) mass is 324 g/mol. The van der Waals surface area contributed by atoms with Gasteiger partial charge < -0.3 is 20.9 Å². The summed E-state index contributed by atoms with van der Waals surface area (Å²) in [5.74, 6) is 0.553. The Labute approximate surface area is 128 Å². The van der Waals surface area contributed by atoms with E-state index in [1.165, 1.54) is 10.8 Å². The number of carbonyl (C=O) groups excluding carboxylic acids is 2. The highest BCUT2D eigenvalue weighted by atomic mass is 33.1.